The van der Waals surface area contributed by atoms with E-state index in [2.05, 4.69) is 5.32 Å². The van der Waals surface area contributed by atoms with Gasteiger partial charge in [0, 0.05) is 6.04 Å². The molecule has 0 amide bonds. The first-order chi connectivity index (χ1) is 8.43. The molecule has 0 aromatic heterocycles. The minimum absolute atomic E-state index is 0.210. The first-order valence-electron chi connectivity index (χ1n) is 7.38. The zero-order valence-electron chi connectivity index (χ0n) is 12.1. The van der Waals surface area contributed by atoms with E-state index in [0.29, 0.717) is 11.8 Å². The van der Waals surface area contributed by atoms with E-state index in [-0.39, 0.29) is 11.2 Å². The standard InChI is InChI=1S/C14H29NO2S/c1-12(2)13(3)18(16,17)11-7-10-15-14-8-5-4-6-9-14/h12-15H,4-11H2,1-3H3. The number of hydrogen-bond acceptors (Lipinski definition) is 3. The summed E-state index contributed by atoms with van der Waals surface area (Å²) in [4.78, 5) is 0. The fourth-order valence-electron chi connectivity index (χ4n) is 2.49. The summed E-state index contributed by atoms with van der Waals surface area (Å²) in [6.07, 6.45) is 7.26. The summed E-state index contributed by atoms with van der Waals surface area (Å²) >= 11 is 0. The normalized spacial score (nSPS) is 20.2. The van der Waals surface area contributed by atoms with Crippen LogP contribution in [0.4, 0.5) is 0 Å². The zero-order valence-corrected chi connectivity index (χ0v) is 12.9. The number of rotatable bonds is 7. The van der Waals surface area contributed by atoms with Crippen molar-refractivity contribution in [1.29, 1.82) is 0 Å². The molecule has 108 valence electrons. The molecule has 0 aromatic rings. The predicted octanol–water partition coefficient (Wildman–Crippen LogP) is 2.76. The molecular weight excluding hydrogens is 246 g/mol. The van der Waals surface area contributed by atoms with E-state index in [9.17, 15) is 8.42 Å². The quantitative estimate of drug-likeness (QED) is 0.727. The van der Waals surface area contributed by atoms with E-state index in [1.54, 1.807) is 0 Å². The average molecular weight is 275 g/mol. The first-order valence-corrected chi connectivity index (χ1v) is 9.10. The molecule has 0 heterocycles. The van der Waals surface area contributed by atoms with E-state index in [1.165, 1.54) is 32.1 Å². The van der Waals surface area contributed by atoms with Gasteiger partial charge < -0.3 is 5.32 Å². The van der Waals surface area contributed by atoms with Crippen LogP contribution in [0.25, 0.3) is 0 Å². The highest BCUT2D eigenvalue weighted by Crippen LogP contribution is 2.17. The molecule has 0 spiro atoms. The van der Waals surface area contributed by atoms with Gasteiger partial charge in [-0.3, -0.25) is 0 Å². The molecule has 0 aliphatic heterocycles. The van der Waals surface area contributed by atoms with Crippen molar-refractivity contribution in [3.05, 3.63) is 0 Å². The van der Waals surface area contributed by atoms with Crippen LogP contribution in [-0.4, -0.2) is 32.0 Å². The van der Waals surface area contributed by atoms with Crippen LogP contribution in [0.15, 0.2) is 0 Å². The molecule has 0 radical (unpaired) electrons. The zero-order chi connectivity index (χ0) is 13.6. The molecule has 3 nitrogen and oxygen atoms in total. The molecule has 0 aromatic carbocycles. The van der Waals surface area contributed by atoms with E-state index in [1.807, 2.05) is 20.8 Å². The predicted molar refractivity (Wildman–Crippen MR) is 77.6 cm³/mol. The Bertz CT molecular complexity index is 319. The SMILES string of the molecule is CC(C)C(C)S(=O)(=O)CCCNC1CCCCC1. The molecule has 1 fully saturated rings. The molecule has 1 saturated carbocycles. The van der Waals surface area contributed by atoms with Crippen molar-refractivity contribution >= 4 is 9.84 Å². The van der Waals surface area contributed by atoms with Crippen molar-refractivity contribution in [3.8, 4) is 0 Å². The van der Waals surface area contributed by atoms with Gasteiger partial charge in [-0.05, 0) is 38.6 Å². The van der Waals surface area contributed by atoms with Crippen molar-refractivity contribution < 1.29 is 8.42 Å². The Morgan fingerprint density at radius 2 is 1.72 bits per heavy atom. The lowest BCUT2D eigenvalue weighted by atomic mass is 9.95. The van der Waals surface area contributed by atoms with E-state index >= 15 is 0 Å². The highest BCUT2D eigenvalue weighted by atomic mass is 32.2. The van der Waals surface area contributed by atoms with Crippen LogP contribution in [0.1, 0.15) is 59.3 Å². The minimum Gasteiger partial charge on any atom is -0.314 e. The Morgan fingerprint density at radius 3 is 2.28 bits per heavy atom. The Kier molecular flexibility index (Phi) is 6.64. The maximum absolute atomic E-state index is 12.0. The molecule has 4 heteroatoms. The molecule has 1 atom stereocenters. The fraction of sp³-hybridized carbons (Fsp3) is 1.00. The Labute approximate surface area is 113 Å². The van der Waals surface area contributed by atoms with E-state index in [0.717, 1.165) is 13.0 Å². The molecule has 0 saturated heterocycles. The lowest BCUT2D eigenvalue weighted by Crippen LogP contribution is -2.33. The van der Waals surface area contributed by atoms with Gasteiger partial charge >= 0.3 is 0 Å². The lowest BCUT2D eigenvalue weighted by Gasteiger charge is -2.23. The summed E-state index contributed by atoms with van der Waals surface area (Å²) in [7, 11) is -2.90. The van der Waals surface area contributed by atoms with Crippen molar-refractivity contribution in [2.24, 2.45) is 5.92 Å². The average Bonchev–Trinajstić information content (AvgIpc) is 2.35. The molecule has 1 aliphatic rings. The van der Waals surface area contributed by atoms with E-state index < -0.39 is 9.84 Å². The minimum atomic E-state index is -2.90. The maximum Gasteiger partial charge on any atom is 0.153 e. The maximum atomic E-state index is 12.0. The number of sulfone groups is 1. The molecule has 18 heavy (non-hydrogen) atoms. The van der Waals surface area contributed by atoms with Gasteiger partial charge in [-0.15, -0.1) is 0 Å². The highest BCUT2D eigenvalue weighted by Gasteiger charge is 2.23. The monoisotopic (exact) mass is 275 g/mol. The van der Waals surface area contributed by atoms with Crippen LogP contribution in [0.5, 0.6) is 0 Å². The summed E-state index contributed by atoms with van der Waals surface area (Å²) in [5.74, 6) is 0.535. The molecule has 1 rings (SSSR count). The van der Waals surface area contributed by atoms with Gasteiger partial charge in [0.15, 0.2) is 9.84 Å². The second-order valence-corrected chi connectivity index (χ2v) is 8.44. The Morgan fingerprint density at radius 1 is 1.11 bits per heavy atom. The lowest BCUT2D eigenvalue weighted by molar-refractivity contribution is 0.374. The van der Waals surface area contributed by atoms with Crippen molar-refractivity contribution in [2.75, 3.05) is 12.3 Å². The second-order valence-electron chi connectivity index (χ2n) is 5.96. The number of nitrogens with one attached hydrogen (secondary N) is 1. The summed E-state index contributed by atoms with van der Waals surface area (Å²) in [5.41, 5.74) is 0. The van der Waals surface area contributed by atoms with Crippen molar-refractivity contribution in [1.82, 2.24) is 5.32 Å². The van der Waals surface area contributed by atoms with Crippen molar-refractivity contribution in [2.45, 2.75) is 70.6 Å². The highest BCUT2D eigenvalue weighted by molar-refractivity contribution is 7.92. The molecule has 1 unspecified atom stereocenters. The van der Waals surface area contributed by atoms with Gasteiger partial charge in [-0.2, -0.15) is 0 Å². The third kappa shape index (κ3) is 5.27. The van der Waals surface area contributed by atoms with Crippen LogP contribution in [0.3, 0.4) is 0 Å². The van der Waals surface area contributed by atoms with Gasteiger partial charge in [0.2, 0.25) is 0 Å². The summed E-state index contributed by atoms with van der Waals surface area (Å²) < 4.78 is 24.0. The van der Waals surface area contributed by atoms with Gasteiger partial charge in [0.1, 0.15) is 0 Å². The fourth-order valence-corrected chi connectivity index (χ4v) is 4.23. The summed E-state index contributed by atoms with van der Waals surface area (Å²) in [5, 5.41) is 3.28. The summed E-state index contributed by atoms with van der Waals surface area (Å²) in [6, 6.07) is 0.629. The smallest absolute Gasteiger partial charge is 0.153 e. The van der Waals surface area contributed by atoms with Crippen LogP contribution < -0.4 is 5.32 Å². The first kappa shape index (κ1) is 16.0. The third-order valence-electron chi connectivity index (χ3n) is 4.15. The third-order valence-corrected chi connectivity index (χ3v) is 6.68. The van der Waals surface area contributed by atoms with Gasteiger partial charge in [-0.25, -0.2) is 8.42 Å². The molecular formula is C14H29NO2S. The molecule has 1 N–H and O–H groups in total. The Hall–Kier alpha value is -0.0900. The van der Waals surface area contributed by atoms with Gasteiger partial charge in [-0.1, -0.05) is 33.1 Å². The molecule has 1 aliphatic carbocycles. The largest absolute Gasteiger partial charge is 0.314 e. The second kappa shape index (κ2) is 7.49. The molecule has 0 bridgehead atoms. The van der Waals surface area contributed by atoms with Gasteiger partial charge in [0.05, 0.1) is 11.0 Å². The van der Waals surface area contributed by atoms with Crippen LogP contribution >= 0.6 is 0 Å². The number of hydrogen-bond donors (Lipinski definition) is 1. The van der Waals surface area contributed by atoms with E-state index in [4.69, 9.17) is 0 Å². The van der Waals surface area contributed by atoms with Crippen LogP contribution in [0.2, 0.25) is 0 Å². The Balaban J connectivity index is 2.20. The van der Waals surface area contributed by atoms with Crippen LogP contribution in [-0.2, 0) is 9.84 Å². The van der Waals surface area contributed by atoms with Crippen molar-refractivity contribution in [3.63, 3.8) is 0 Å². The van der Waals surface area contributed by atoms with Gasteiger partial charge in [0.25, 0.3) is 0 Å². The summed E-state index contributed by atoms with van der Waals surface area (Å²) in [6.45, 7) is 6.62. The van der Waals surface area contributed by atoms with Crippen LogP contribution in [0, 0.1) is 5.92 Å². The topological polar surface area (TPSA) is 46.2 Å².